The van der Waals surface area contributed by atoms with Gasteiger partial charge in [-0.15, -0.1) is 11.3 Å². The smallest absolute Gasteiger partial charge is 0.354 e. The van der Waals surface area contributed by atoms with Crippen molar-refractivity contribution in [1.82, 2.24) is 9.97 Å². The number of nitrogens with zero attached hydrogens (tertiary/aromatic N) is 2. The first kappa shape index (κ1) is 11.5. The van der Waals surface area contributed by atoms with Crippen molar-refractivity contribution < 1.29 is 9.90 Å². The Hall–Kier alpha value is -0.980. The van der Waals surface area contributed by atoms with Gasteiger partial charge < -0.3 is 5.11 Å². The molecular weight excluding hydrogens is 316 g/mol. The molecule has 0 amide bonds. The zero-order valence-electron chi connectivity index (χ0n) is 7.65. The largest absolute Gasteiger partial charge is 0.477 e. The summed E-state index contributed by atoms with van der Waals surface area (Å²) in [5, 5.41) is 8.95. The number of carbonyl (C=O) groups is 1. The van der Waals surface area contributed by atoms with Gasteiger partial charge in [0.2, 0.25) is 0 Å². The Bertz CT molecular complexity index is 558. The van der Waals surface area contributed by atoms with Crippen molar-refractivity contribution in [2.45, 2.75) is 0 Å². The predicted molar refractivity (Wildman–Crippen MR) is 65.0 cm³/mol. The summed E-state index contributed by atoms with van der Waals surface area (Å²) in [4.78, 5) is 19.4. The monoisotopic (exact) mass is 318 g/mol. The maximum atomic E-state index is 10.8. The Morgan fingerprint density at radius 1 is 1.44 bits per heavy atom. The number of hydrogen-bond acceptors (Lipinski definition) is 4. The first-order chi connectivity index (χ1) is 7.56. The van der Waals surface area contributed by atoms with Gasteiger partial charge in [-0.1, -0.05) is 11.6 Å². The van der Waals surface area contributed by atoms with Crippen molar-refractivity contribution in [2.75, 3.05) is 0 Å². The van der Waals surface area contributed by atoms with Crippen molar-refractivity contribution in [3.63, 3.8) is 0 Å². The fraction of sp³-hybridized carbons (Fsp3) is 0. The maximum Gasteiger partial charge on any atom is 0.354 e. The Balaban J connectivity index is 2.53. The first-order valence-corrected chi connectivity index (χ1v) is 6.08. The highest BCUT2D eigenvalue weighted by atomic mass is 79.9. The molecule has 7 heteroatoms. The highest BCUT2D eigenvalue weighted by molar-refractivity contribution is 9.11. The van der Waals surface area contributed by atoms with Crippen LogP contribution in [-0.2, 0) is 0 Å². The number of hydrogen-bond donors (Lipinski definition) is 1. The van der Waals surface area contributed by atoms with Gasteiger partial charge in [0, 0.05) is 6.07 Å². The van der Waals surface area contributed by atoms with E-state index in [1.165, 1.54) is 17.4 Å². The number of carboxylic acids is 1. The molecule has 4 nitrogen and oxygen atoms in total. The summed E-state index contributed by atoms with van der Waals surface area (Å²) >= 11 is 10.4. The zero-order chi connectivity index (χ0) is 11.7. The minimum absolute atomic E-state index is 0.112. The van der Waals surface area contributed by atoms with Gasteiger partial charge >= 0.3 is 5.97 Å². The van der Waals surface area contributed by atoms with Gasteiger partial charge in [-0.25, -0.2) is 14.8 Å². The molecule has 0 aromatic carbocycles. The fourth-order valence-corrected chi connectivity index (χ4v) is 2.58. The lowest BCUT2D eigenvalue weighted by Crippen LogP contribution is -2.02. The molecule has 2 heterocycles. The molecular formula is C9H4BrClN2O2S. The van der Waals surface area contributed by atoms with E-state index < -0.39 is 5.97 Å². The van der Waals surface area contributed by atoms with Crippen LogP contribution in [-0.4, -0.2) is 21.0 Å². The number of aromatic carboxylic acids is 1. The summed E-state index contributed by atoms with van der Waals surface area (Å²) in [5.74, 6) is -0.804. The number of thiophene rings is 1. The van der Waals surface area contributed by atoms with Crippen molar-refractivity contribution in [1.29, 1.82) is 0 Å². The molecule has 0 spiro atoms. The van der Waals surface area contributed by atoms with Gasteiger partial charge in [-0.05, 0) is 28.1 Å². The molecule has 0 atom stereocenters. The van der Waals surface area contributed by atoms with Crippen LogP contribution in [0, 0.1) is 0 Å². The molecule has 0 radical (unpaired) electrons. The second-order valence-corrected chi connectivity index (χ2v) is 5.66. The average molecular weight is 320 g/mol. The third-order valence-electron chi connectivity index (χ3n) is 1.71. The van der Waals surface area contributed by atoms with Crippen LogP contribution in [0.1, 0.15) is 10.5 Å². The van der Waals surface area contributed by atoms with E-state index >= 15 is 0 Å². The minimum Gasteiger partial charge on any atom is -0.477 e. The molecule has 16 heavy (non-hydrogen) atoms. The Labute approximate surface area is 108 Å². The molecule has 0 aliphatic carbocycles. The molecule has 0 aliphatic heterocycles. The van der Waals surface area contributed by atoms with Gasteiger partial charge in [0.15, 0.2) is 11.5 Å². The third-order valence-corrected chi connectivity index (χ3v) is 3.52. The van der Waals surface area contributed by atoms with Crippen molar-refractivity contribution in [2.24, 2.45) is 0 Å². The van der Waals surface area contributed by atoms with E-state index in [2.05, 4.69) is 25.9 Å². The lowest BCUT2D eigenvalue weighted by atomic mass is 10.4. The van der Waals surface area contributed by atoms with Crippen LogP contribution < -0.4 is 0 Å². The van der Waals surface area contributed by atoms with Crippen LogP contribution in [0.5, 0.6) is 0 Å². The van der Waals surface area contributed by atoms with E-state index in [9.17, 15) is 4.79 Å². The van der Waals surface area contributed by atoms with E-state index in [0.29, 0.717) is 5.82 Å². The molecule has 82 valence electrons. The third kappa shape index (κ3) is 2.40. The van der Waals surface area contributed by atoms with E-state index in [4.69, 9.17) is 16.7 Å². The summed E-state index contributed by atoms with van der Waals surface area (Å²) in [7, 11) is 0. The summed E-state index contributed by atoms with van der Waals surface area (Å²) in [6.45, 7) is 0. The Morgan fingerprint density at radius 3 is 2.75 bits per heavy atom. The average Bonchev–Trinajstić information content (AvgIpc) is 2.64. The summed E-state index contributed by atoms with van der Waals surface area (Å²) in [5.41, 5.74) is -0.112. The molecule has 0 saturated heterocycles. The second-order valence-electron chi connectivity index (χ2n) is 2.81. The molecule has 2 aromatic rings. The zero-order valence-corrected chi connectivity index (χ0v) is 10.8. The first-order valence-electron chi connectivity index (χ1n) is 4.10. The molecule has 2 aromatic heterocycles. The van der Waals surface area contributed by atoms with Crippen LogP contribution in [0.4, 0.5) is 0 Å². The topological polar surface area (TPSA) is 63.1 Å². The Kier molecular flexibility index (Phi) is 3.22. The molecule has 0 saturated carbocycles. The minimum atomic E-state index is -1.12. The summed E-state index contributed by atoms with van der Waals surface area (Å²) in [6, 6.07) is 4.85. The van der Waals surface area contributed by atoms with E-state index in [0.717, 1.165) is 8.66 Å². The van der Waals surface area contributed by atoms with E-state index in [1.807, 2.05) is 6.07 Å². The van der Waals surface area contributed by atoms with Gasteiger partial charge in [0.05, 0.1) is 8.66 Å². The Morgan fingerprint density at radius 2 is 2.19 bits per heavy atom. The van der Waals surface area contributed by atoms with Crippen LogP contribution in [0.15, 0.2) is 22.0 Å². The highest BCUT2D eigenvalue weighted by Crippen LogP contribution is 2.29. The number of aromatic nitrogens is 2. The van der Waals surface area contributed by atoms with Gasteiger partial charge in [0.1, 0.15) is 5.15 Å². The lowest BCUT2D eigenvalue weighted by Gasteiger charge is -1.99. The van der Waals surface area contributed by atoms with Crippen molar-refractivity contribution in [3.8, 4) is 10.7 Å². The quantitative estimate of drug-likeness (QED) is 0.863. The van der Waals surface area contributed by atoms with Gasteiger partial charge in [-0.3, -0.25) is 0 Å². The predicted octanol–water partition coefficient (Wildman–Crippen LogP) is 3.32. The SMILES string of the molecule is O=C(O)c1cc(Cl)nc(-c2ccc(Br)s2)n1. The normalized spacial score (nSPS) is 10.4. The summed E-state index contributed by atoms with van der Waals surface area (Å²) < 4.78 is 0.919. The van der Waals surface area contributed by atoms with Crippen LogP contribution >= 0.6 is 38.9 Å². The second kappa shape index (κ2) is 4.48. The van der Waals surface area contributed by atoms with E-state index in [-0.39, 0.29) is 10.8 Å². The maximum absolute atomic E-state index is 10.8. The van der Waals surface area contributed by atoms with Gasteiger partial charge in [0.25, 0.3) is 0 Å². The molecule has 2 rings (SSSR count). The highest BCUT2D eigenvalue weighted by Gasteiger charge is 2.12. The van der Waals surface area contributed by atoms with Crippen molar-refractivity contribution >= 4 is 44.8 Å². The molecule has 0 fully saturated rings. The van der Waals surface area contributed by atoms with Crippen LogP contribution in [0.3, 0.4) is 0 Å². The number of rotatable bonds is 2. The molecule has 0 unspecified atom stereocenters. The van der Waals surface area contributed by atoms with Crippen LogP contribution in [0.2, 0.25) is 5.15 Å². The van der Waals surface area contributed by atoms with E-state index in [1.54, 1.807) is 6.07 Å². The lowest BCUT2D eigenvalue weighted by molar-refractivity contribution is 0.0690. The summed E-state index contributed by atoms with van der Waals surface area (Å²) in [6.07, 6.45) is 0. The fourth-order valence-electron chi connectivity index (χ4n) is 1.07. The standard InChI is InChI=1S/C9H4BrClN2O2S/c10-6-2-1-5(16-6)8-12-4(9(14)15)3-7(11)13-8/h1-3H,(H,14,15). The molecule has 1 N–H and O–H groups in total. The molecule has 0 bridgehead atoms. The number of halogens is 2. The van der Waals surface area contributed by atoms with Gasteiger partial charge in [-0.2, -0.15) is 0 Å². The van der Waals surface area contributed by atoms with Crippen LogP contribution in [0.25, 0.3) is 10.7 Å². The molecule has 0 aliphatic rings. The van der Waals surface area contributed by atoms with Crippen molar-refractivity contribution in [3.05, 3.63) is 32.8 Å². The number of carboxylic acid groups (broad SMARTS) is 1.